The van der Waals surface area contributed by atoms with Crippen LogP contribution in [0.5, 0.6) is 5.88 Å². The zero-order chi connectivity index (χ0) is 29.1. The van der Waals surface area contributed by atoms with E-state index in [0.29, 0.717) is 52.4 Å². The minimum absolute atomic E-state index is 0.162. The lowest BCUT2D eigenvalue weighted by atomic mass is 10.1. The number of ether oxygens (including phenoxy) is 2. The van der Waals surface area contributed by atoms with Crippen molar-refractivity contribution in [2.24, 2.45) is 0 Å². The zero-order valence-corrected chi connectivity index (χ0v) is 22.4. The van der Waals surface area contributed by atoms with Gasteiger partial charge in [-0.1, -0.05) is 30.3 Å². The molecule has 0 aliphatic rings. The summed E-state index contributed by atoms with van der Waals surface area (Å²) in [4.78, 5) is 8.84. The van der Waals surface area contributed by atoms with Crippen LogP contribution in [0, 0.1) is 24.4 Å². The van der Waals surface area contributed by atoms with Crippen molar-refractivity contribution in [3.63, 3.8) is 0 Å². The highest BCUT2D eigenvalue weighted by atomic mass is 19.1. The van der Waals surface area contributed by atoms with Gasteiger partial charge in [0.05, 0.1) is 23.3 Å². The monoisotopic (exact) mass is 563 g/mol. The molecule has 5 rings (SSSR count). The van der Waals surface area contributed by atoms with Crippen LogP contribution in [0.15, 0.2) is 66.7 Å². The molecule has 2 heterocycles. The lowest BCUT2D eigenvalue weighted by Gasteiger charge is -2.12. The molecule has 7 nitrogen and oxygen atoms in total. The van der Waals surface area contributed by atoms with E-state index in [9.17, 15) is 19.0 Å². The zero-order valence-electron chi connectivity index (χ0n) is 22.4. The number of hydrogen-bond acceptors (Lipinski definition) is 6. The maximum Gasteiger partial charge on any atom is 0.251 e. The number of rotatable bonds is 10. The number of pyridine rings is 1. The predicted octanol–water partition coefficient (Wildman–Crippen LogP) is 5.62. The van der Waals surface area contributed by atoms with Crippen LogP contribution in [-0.2, 0) is 24.3 Å². The summed E-state index contributed by atoms with van der Waals surface area (Å²) < 4.78 is 56.5. The average molecular weight is 564 g/mol. The third-order valence-corrected chi connectivity index (χ3v) is 6.75. The smallest absolute Gasteiger partial charge is 0.251 e. The Kier molecular flexibility index (Phi) is 8.34. The molecule has 0 aliphatic carbocycles. The van der Waals surface area contributed by atoms with Gasteiger partial charge >= 0.3 is 0 Å². The van der Waals surface area contributed by atoms with Crippen LogP contribution in [0.3, 0.4) is 0 Å². The van der Waals surface area contributed by atoms with Crippen molar-refractivity contribution in [1.82, 2.24) is 14.5 Å². The Morgan fingerprint density at radius 2 is 1.63 bits per heavy atom. The Labute approximate surface area is 234 Å². The standard InChI is InChI=1S/C31H28F3N3O4/c1-18-3-4-22(24(33)13-18)17-41-30-23(32)8-10-26(36-30)20-6-5-19(25(34)14-20)16-29-35-27-9-7-21(31(38)39)15-28(27)37(29)11-12-40-2/h3-10,13-15,31,38-39H,11-12,16-17H2,1-2H3. The van der Waals surface area contributed by atoms with Crippen LogP contribution in [0.25, 0.3) is 22.3 Å². The summed E-state index contributed by atoms with van der Waals surface area (Å²) in [6, 6.07) is 16.7. The first-order valence-corrected chi connectivity index (χ1v) is 12.9. The Morgan fingerprint density at radius 1 is 0.854 bits per heavy atom. The van der Waals surface area contributed by atoms with Gasteiger partial charge in [0.1, 0.15) is 24.1 Å². The Bertz CT molecular complexity index is 1700. The summed E-state index contributed by atoms with van der Waals surface area (Å²) in [5.41, 5.74) is 3.71. The van der Waals surface area contributed by atoms with Crippen molar-refractivity contribution >= 4 is 11.0 Å². The van der Waals surface area contributed by atoms with Gasteiger partial charge in [0.2, 0.25) is 0 Å². The number of nitrogens with zero attached hydrogens (tertiary/aromatic N) is 3. The second-order valence-electron chi connectivity index (χ2n) is 9.64. The van der Waals surface area contributed by atoms with E-state index in [2.05, 4.69) is 9.97 Å². The highest BCUT2D eigenvalue weighted by molar-refractivity contribution is 5.77. The second kappa shape index (κ2) is 12.1. The summed E-state index contributed by atoms with van der Waals surface area (Å²) in [5, 5.41) is 19.2. The van der Waals surface area contributed by atoms with E-state index in [4.69, 9.17) is 9.47 Å². The van der Waals surface area contributed by atoms with Crippen LogP contribution in [0.1, 0.15) is 34.4 Å². The second-order valence-corrected chi connectivity index (χ2v) is 9.64. The number of aromatic nitrogens is 3. The van der Waals surface area contributed by atoms with E-state index in [1.165, 1.54) is 24.3 Å². The van der Waals surface area contributed by atoms with Crippen molar-refractivity contribution in [2.45, 2.75) is 32.8 Å². The number of hydrogen-bond donors (Lipinski definition) is 2. The number of aliphatic hydroxyl groups is 2. The van der Waals surface area contributed by atoms with Gasteiger partial charge in [-0.15, -0.1) is 0 Å². The molecule has 10 heteroatoms. The number of methoxy groups -OCH3 is 1. The average Bonchev–Trinajstić information content (AvgIpc) is 3.29. The molecule has 0 aliphatic heterocycles. The number of fused-ring (bicyclic) bond motifs is 1. The molecular formula is C31H28F3N3O4. The van der Waals surface area contributed by atoms with Gasteiger partial charge in [-0.05, 0) is 54.4 Å². The van der Waals surface area contributed by atoms with Crippen molar-refractivity contribution in [2.75, 3.05) is 13.7 Å². The minimum Gasteiger partial charge on any atom is -0.471 e. The molecule has 0 atom stereocenters. The molecule has 3 aromatic carbocycles. The molecule has 0 unspecified atom stereocenters. The lowest BCUT2D eigenvalue weighted by Crippen LogP contribution is -2.10. The molecule has 0 bridgehead atoms. The molecule has 2 N–H and O–H groups in total. The van der Waals surface area contributed by atoms with E-state index in [-0.39, 0.29) is 24.5 Å². The molecule has 5 aromatic rings. The largest absolute Gasteiger partial charge is 0.471 e. The van der Waals surface area contributed by atoms with Crippen molar-refractivity contribution in [1.29, 1.82) is 0 Å². The number of halogens is 3. The van der Waals surface area contributed by atoms with Crippen LogP contribution < -0.4 is 4.74 Å². The van der Waals surface area contributed by atoms with E-state index in [1.807, 2.05) is 4.57 Å². The summed E-state index contributed by atoms with van der Waals surface area (Å²) in [5.74, 6) is -1.42. The summed E-state index contributed by atoms with van der Waals surface area (Å²) in [6.07, 6.45) is -1.47. The van der Waals surface area contributed by atoms with Crippen molar-refractivity contribution in [3.05, 3.63) is 112 Å². The first kappa shape index (κ1) is 28.3. The van der Waals surface area contributed by atoms with Crippen LogP contribution in [0.4, 0.5) is 13.2 Å². The number of aryl methyl sites for hydroxylation is 1. The van der Waals surface area contributed by atoms with Gasteiger partial charge in [-0.3, -0.25) is 0 Å². The first-order chi connectivity index (χ1) is 19.7. The van der Waals surface area contributed by atoms with Crippen molar-refractivity contribution in [3.8, 4) is 17.1 Å². The van der Waals surface area contributed by atoms with E-state index < -0.39 is 23.7 Å². The number of aliphatic hydroxyl groups excluding tert-OH is 1. The quantitative estimate of drug-likeness (QED) is 0.214. The first-order valence-electron chi connectivity index (χ1n) is 12.9. The minimum atomic E-state index is -1.63. The Morgan fingerprint density at radius 3 is 2.37 bits per heavy atom. The molecule has 0 fully saturated rings. The normalized spacial score (nSPS) is 11.5. The maximum atomic E-state index is 15.4. The fraction of sp³-hybridized carbons (Fsp3) is 0.226. The van der Waals surface area contributed by atoms with Gasteiger partial charge in [-0.2, -0.15) is 0 Å². The third kappa shape index (κ3) is 6.25. The molecule has 0 amide bonds. The van der Waals surface area contributed by atoms with Gasteiger partial charge in [0.25, 0.3) is 5.88 Å². The molecule has 212 valence electrons. The summed E-state index contributed by atoms with van der Waals surface area (Å²) in [7, 11) is 1.57. The highest BCUT2D eigenvalue weighted by Crippen LogP contribution is 2.27. The molecule has 41 heavy (non-hydrogen) atoms. The van der Waals surface area contributed by atoms with Gasteiger partial charge < -0.3 is 24.3 Å². The summed E-state index contributed by atoms with van der Waals surface area (Å²) >= 11 is 0. The predicted molar refractivity (Wildman–Crippen MR) is 147 cm³/mol. The fourth-order valence-electron chi connectivity index (χ4n) is 4.54. The molecule has 0 saturated carbocycles. The Balaban J connectivity index is 1.39. The molecule has 0 radical (unpaired) electrons. The molecule has 0 saturated heterocycles. The summed E-state index contributed by atoms with van der Waals surface area (Å²) in [6.45, 7) is 2.36. The molecule has 0 spiro atoms. The third-order valence-electron chi connectivity index (χ3n) is 6.75. The number of benzene rings is 3. The SMILES string of the molecule is COCCn1c(Cc2ccc(-c3ccc(F)c(OCc4ccc(C)cc4F)n3)cc2F)nc2ccc(C(O)O)cc21. The van der Waals surface area contributed by atoms with Gasteiger partial charge in [0.15, 0.2) is 12.1 Å². The lowest BCUT2D eigenvalue weighted by molar-refractivity contribution is -0.0424. The van der Waals surface area contributed by atoms with E-state index in [0.717, 1.165) is 5.56 Å². The van der Waals surface area contributed by atoms with Crippen LogP contribution in [0.2, 0.25) is 0 Å². The molecular weight excluding hydrogens is 535 g/mol. The highest BCUT2D eigenvalue weighted by Gasteiger charge is 2.17. The van der Waals surface area contributed by atoms with Gasteiger partial charge in [0, 0.05) is 36.8 Å². The topological polar surface area (TPSA) is 89.6 Å². The van der Waals surface area contributed by atoms with Crippen LogP contribution in [-0.4, -0.2) is 38.5 Å². The molecule has 2 aromatic heterocycles. The number of imidazole rings is 1. The van der Waals surface area contributed by atoms with Crippen molar-refractivity contribution < 1.29 is 32.9 Å². The van der Waals surface area contributed by atoms with E-state index >= 15 is 4.39 Å². The fourth-order valence-corrected chi connectivity index (χ4v) is 4.54. The van der Waals surface area contributed by atoms with Crippen LogP contribution >= 0.6 is 0 Å². The Hall–Kier alpha value is -4.25. The van der Waals surface area contributed by atoms with E-state index in [1.54, 1.807) is 56.5 Å². The van der Waals surface area contributed by atoms with Gasteiger partial charge in [-0.25, -0.2) is 23.1 Å². The maximum absolute atomic E-state index is 15.4.